The second-order valence-electron chi connectivity index (χ2n) is 3.53. The van der Waals surface area contributed by atoms with E-state index in [9.17, 15) is 0 Å². The standard InChI is InChI=1S/C13H12N2O/c16-14-10-12-6-8-15(9-7-12)11-13-4-2-1-3-5-13/h1-10H,11H2/p+1. The molecule has 16 heavy (non-hydrogen) atoms. The van der Waals surface area contributed by atoms with Gasteiger partial charge in [0.1, 0.15) is 0 Å². The minimum absolute atomic E-state index is 0.845. The highest BCUT2D eigenvalue weighted by atomic mass is 16.4. The van der Waals surface area contributed by atoms with Crippen LogP contribution >= 0.6 is 0 Å². The van der Waals surface area contributed by atoms with Crippen molar-refractivity contribution in [3.8, 4) is 0 Å². The van der Waals surface area contributed by atoms with E-state index in [1.807, 2.05) is 42.7 Å². The average molecular weight is 213 g/mol. The van der Waals surface area contributed by atoms with Crippen LogP contribution in [0.25, 0.3) is 0 Å². The molecule has 0 atom stereocenters. The summed E-state index contributed by atoms with van der Waals surface area (Å²) in [5, 5.41) is 11.4. The zero-order valence-electron chi connectivity index (χ0n) is 8.82. The number of rotatable bonds is 3. The summed E-state index contributed by atoms with van der Waals surface area (Å²) in [6.07, 6.45) is 5.33. The SMILES string of the molecule is O/N=C/c1cc[n+](Cc2ccccc2)cc1. The maximum Gasteiger partial charge on any atom is 0.173 e. The van der Waals surface area contributed by atoms with Gasteiger partial charge >= 0.3 is 0 Å². The predicted molar refractivity (Wildman–Crippen MR) is 61.6 cm³/mol. The Kier molecular flexibility index (Phi) is 3.28. The number of hydrogen-bond donors (Lipinski definition) is 1. The van der Waals surface area contributed by atoms with Gasteiger partial charge in [-0.15, -0.1) is 0 Å². The zero-order valence-corrected chi connectivity index (χ0v) is 8.82. The first-order valence-electron chi connectivity index (χ1n) is 5.09. The van der Waals surface area contributed by atoms with Crippen LogP contribution in [0.1, 0.15) is 11.1 Å². The summed E-state index contributed by atoms with van der Waals surface area (Å²) in [5.74, 6) is 0. The van der Waals surface area contributed by atoms with E-state index in [1.54, 1.807) is 0 Å². The molecule has 2 rings (SSSR count). The van der Waals surface area contributed by atoms with Crippen molar-refractivity contribution in [3.63, 3.8) is 0 Å². The van der Waals surface area contributed by atoms with Crippen LogP contribution < -0.4 is 4.57 Å². The molecule has 0 fully saturated rings. The molecule has 0 saturated carbocycles. The molecule has 1 aromatic heterocycles. The van der Waals surface area contributed by atoms with Crippen molar-refractivity contribution in [2.75, 3.05) is 0 Å². The number of oxime groups is 1. The summed E-state index contributed by atoms with van der Waals surface area (Å²) in [7, 11) is 0. The fraction of sp³-hybridized carbons (Fsp3) is 0.0769. The summed E-state index contributed by atoms with van der Waals surface area (Å²) >= 11 is 0. The van der Waals surface area contributed by atoms with Crippen LogP contribution in [0.3, 0.4) is 0 Å². The monoisotopic (exact) mass is 213 g/mol. The molecule has 0 spiro atoms. The van der Waals surface area contributed by atoms with Crippen molar-refractivity contribution in [1.82, 2.24) is 0 Å². The summed E-state index contributed by atoms with van der Waals surface area (Å²) in [4.78, 5) is 0. The quantitative estimate of drug-likeness (QED) is 0.359. The highest BCUT2D eigenvalue weighted by Crippen LogP contribution is 1.98. The van der Waals surface area contributed by atoms with Crippen LogP contribution in [-0.2, 0) is 6.54 Å². The lowest BCUT2D eigenvalue weighted by molar-refractivity contribution is -0.688. The summed E-state index contributed by atoms with van der Waals surface area (Å²) in [5.41, 5.74) is 2.14. The second kappa shape index (κ2) is 5.07. The zero-order chi connectivity index (χ0) is 11.2. The predicted octanol–water partition coefficient (Wildman–Crippen LogP) is 1.83. The van der Waals surface area contributed by atoms with Gasteiger partial charge in [-0.2, -0.15) is 0 Å². The molecule has 0 radical (unpaired) electrons. The lowest BCUT2D eigenvalue weighted by Crippen LogP contribution is -2.33. The summed E-state index contributed by atoms with van der Waals surface area (Å²) < 4.78 is 2.07. The molecule has 1 heterocycles. The molecule has 3 nitrogen and oxygen atoms in total. The van der Waals surface area contributed by atoms with E-state index >= 15 is 0 Å². The maximum atomic E-state index is 8.39. The Labute approximate surface area is 94.3 Å². The number of nitrogens with zero attached hydrogens (tertiary/aromatic N) is 2. The molecule has 3 heteroatoms. The van der Waals surface area contributed by atoms with Crippen molar-refractivity contribution >= 4 is 6.21 Å². The Morgan fingerprint density at radius 1 is 1.06 bits per heavy atom. The molecule has 1 N–H and O–H groups in total. The first kappa shape index (κ1) is 10.4. The Morgan fingerprint density at radius 3 is 2.38 bits per heavy atom. The molecule has 0 aliphatic carbocycles. The molecule has 0 aliphatic heterocycles. The minimum Gasteiger partial charge on any atom is -0.411 e. The van der Waals surface area contributed by atoms with Crippen LogP contribution in [-0.4, -0.2) is 11.4 Å². The van der Waals surface area contributed by atoms with E-state index < -0.39 is 0 Å². The summed E-state index contributed by atoms with van der Waals surface area (Å²) in [6, 6.07) is 14.1. The second-order valence-corrected chi connectivity index (χ2v) is 3.53. The molecule has 0 unspecified atom stereocenters. The van der Waals surface area contributed by atoms with Crippen molar-refractivity contribution in [2.24, 2.45) is 5.16 Å². The molecule has 80 valence electrons. The van der Waals surface area contributed by atoms with Crippen LogP contribution in [0, 0.1) is 0 Å². The Balaban J connectivity index is 2.11. The smallest absolute Gasteiger partial charge is 0.173 e. The molecular formula is C13H13N2O+. The van der Waals surface area contributed by atoms with E-state index in [1.165, 1.54) is 11.8 Å². The third-order valence-electron chi connectivity index (χ3n) is 2.33. The number of hydrogen-bond acceptors (Lipinski definition) is 2. The number of aromatic nitrogens is 1. The van der Waals surface area contributed by atoms with Gasteiger partial charge in [0.15, 0.2) is 18.9 Å². The average Bonchev–Trinajstić information content (AvgIpc) is 2.33. The highest BCUT2D eigenvalue weighted by molar-refractivity contribution is 5.78. The first-order chi connectivity index (χ1) is 7.88. The highest BCUT2D eigenvalue weighted by Gasteiger charge is 2.01. The van der Waals surface area contributed by atoms with Crippen LogP contribution in [0.4, 0.5) is 0 Å². The van der Waals surface area contributed by atoms with Crippen molar-refractivity contribution in [3.05, 3.63) is 66.0 Å². The third kappa shape index (κ3) is 2.67. The van der Waals surface area contributed by atoms with Gasteiger partial charge in [0.05, 0.1) is 6.21 Å². The fourth-order valence-corrected chi connectivity index (χ4v) is 1.52. The normalized spacial score (nSPS) is 10.8. The van der Waals surface area contributed by atoms with Crippen LogP contribution in [0.5, 0.6) is 0 Å². The van der Waals surface area contributed by atoms with Crippen molar-refractivity contribution in [2.45, 2.75) is 6.54 Å². The molecule has 0 aliphatic rings. The van der Waals surface area contributed by atoms with Crippen LogP contribution in [0.15, 0.2) is 60.0 Å². The van der Waals surface area contributed by atoms with Gasteiger partial charge in [0.2, 0.25) is 0 Å². The minimum atomic E-state index is 0.845. The van der Waals surface area contributed by atoms with Gasteiger partial charge in [0, 0.05) is 23.3 Å². The molecule has 0 saturated heterocycles. The van der Waals surface area contributed by atoms with E-state index in [0.717, 1.165) is 12.1 Å². The molecule has 0 amide bonds. The Morgan fingerprint density at radius 2 is 1.75 bits per heavy atom. The molecule has 1 aromatic carbocycles. The lowest BCUT2D eigenvalue weighted by atomic mass is 10.2. The summed E-state index contributed by atoms with van der Waals surface area (Å²) in [6.45, 7) is 0.845. The van der Waals surface area contributed by atoms with Crippen molar-refractivity contribution < 1.29 is 9.77 Å². The van der Waals surface area contributed by atoms with E-state index in [4.69, 9.17) is 5.21 Å². The third-order valence-corrected chi connectivity index (χ3v) is 2.33. The Hall–Kier alpha value is -2.16. The van der Waals surface area contributed by atoms with Crippen molar-refractivity contribution in [1.29, 1.82) is 0 Å². The Bertz CT molecular complexity index is 463. The number of pyridine rings is 1. The fourth-order valence-electron chi connectivity index (χ4n) is 1.52. The van der Waals surface area contributed by atoms with Gasteiger partial charge in [0.25, 0.3) is 0 Å². The van der Waals surface area contributed by atoms with Gasteiger partial charge in [-0.3, -0.25) is 0 Å². The molecule has 2 aromatic rings. The topological polar surface area (TPSA) is 36.5 Å². The molecular weight excluding hydrogens is 200 g/mol. The van der Waals surface area contributed by atoms with E-state index in [2.05, 4.69) is 21.9 Å². The van der Waals surface area contributed by atoms with Gasteiger partial charge in [-0.25, -0.2) is 4.57 Å². The van der Waals surface area contributed by atoms with Gasteiger partial charge < -0.3 is 5.21 Å². The largest absolute Gasteiger partial charge is 0.411 e. The lowest BCUT2D eigenvalue weighted by Gasteiger charge is -1.97. The van der Waals surface area contributed by atoms with Gasteiger partial charge in [-0.05, 0) is 0 Å². The van der Waals surface area contributed by atoms with E-state index in [0.29, 0.717) is 0 Å². The van der Waals surface area contributed by atoms with Crippen LogP contribution in [0.2, 0.25) is 0 Å². The maximum absolute atomic E-state index is 8.39. The van der Waals surface area contributed by atoms with Gasteiger partial charge in [-0.1, -0.05) is 35.5 Å². The first-order valence-corrected chi connectivity index (χ1v) is 5.09. The number of benzene rings is 1. The van der Waals surface area contributed by atoms with E-state index in [-0.39, 0.29) is 0 Å². The molecule has 0 bridgehead atoms.